The van der Waals surface area contributed by atoms with Crippen LogP contribution in [0.1, 0.15) is 12.5 Å². The molecule has 2 nitrogen and oxygen atoms in total. The highest BCUT2D eigenvalue weighted by molar-refractivity contribution is 6.80. The molecule has 19 heavy (non-hydrogen) atoms. The minimum Gasteiger partial charge on any atom is -0.390 e. The van der Waals surface area contributed by atoms with Gasteiger partial charge in [0.05, 0.1) is 0 Å². The van der Waals surface area contributed by atoms with Gasteiger partial charge in [0.2, 0.25) is 0 Å². The van der Waals surface area contributed by atoms with E-state index >= 15 is 0 Å². The zero-order chi connectivity index (χ0) is 14.7. The number of hydrogen-bond acceptors (Lipinski definition) is 2. The van der Waals surface area contributed by atoms with E-state index in [1.54, 1.807) is 0 Å². The lowest BCUT2D eigenvalue weighted by Crippen LogP contribution is -2.57. The highest BCUT2D eigenvalue weighted by Crippen LogP contribution is 2.39. The molecular formula is C15H28O2Si2. The number of ether oxygens (including phenoxy) is 1. The van der Waals surface area contributed by atoms with Gasteiger partial charge in [0.1, 0.15) is 8.07 Å². The van der Waals surface area contributed by atoms with Gasteiger partial charge in [-0.1, -0.05) is 50.0 Å². The van der Waals surface area contributed by atoms with E-state index in [4.69, 9.17) is 9.16 Å². The molecule has 0 fully saturated rings. The van der Waals surface area contributed by atoms with E-state index in [0.29, 0.717) is 6.61 Å². The van der Waals surface area contributed by atoms with Crippen molar-refractivity contribution in [2.45, 2.75) is 51.6 Å². The quantitative estimate of drug-likeness (QED) is 0.564. The summed E-state index contributed by atoms with van der Waals surface area (Å²) in [5, 5.41) is 0. The van der Waals surface area contributed by atoms with E-state index in [9.17, 15) is 0 Å². The average molecular weight is 297 g/mol. The first-order valence-corrected chi connectivity index (χ1v) is 13.9. The highest BCUT2D eigenvalue weighted by atomic mass is 28.4. The summed E-state index contributed by atoms with van der Waals surface area (Å²) in [6.07, 6.45) is 0. The van der Waals surface area contributed by atoms with Crippen LogP contribution in [0.5, 0.6) is 0 Å². The summed E-state index contributed by atoms with van der Waals surface area (Å²) in [5.41, 5.74) is 0.631. The summed E-state index contributed by atoms with van der Waals surface area (Å²) in [7, 11) is -3.43. The SMILES string of the molecule is CCOC(O[Si](C)(C)C)(c1ccccc1)[Si](C)(C)C. The van der Waals surface area contributed by atoms with Gasteiger partial charge in [0.25, 0.3) is 0 Å². The van der Waals surface area contributed by atoms with Gasteiger partial charge in [-0.25, -0.2) is 0 Å². The van der Waals surface area contributed by atoms with Crippen molar-refractivity contribution in [2.75, 3.05) is 6.61 Å². The highest BCUT2D eigenvalue weighted by Gasteiger charge is 2.49. The van der Waals surface area contributed by atoms with E-state index in [-0.39, 0.29) is 0 Å². The number of rotatable bonds is 6. The lowest BCUT2D eigenvalue weighted by molar-refractivity contribution is -0.136. The van der Waals surface area contributed by atoms with Crippen molar-refractivity contribution in [3.63, 3.8) is 0 Å². The molecule has 0 aliphatic rings. The van der Waals surface area contributed by atoms with E-state index in [1.165, 1.54) is 5.56 Å². The van der Waals surface area contributed by atoms with Gasteiger partial charge < -0.3 is 9.16 Å². The summed E-state index contributed by atoms with van der Waals surface area (Å²) < 4.78 is 12.8. The molecule has 0 aliphatic carbocycles. The topological polar surface area (TPSA) is 18.5 Å². The molecule has 0 amide bonds. The van der Waals surface area contributed by atoms with Crippen molar-refractivity contribution in [1.82, 2.24) is 0 Å². The fourth-order valence-corrected chi connectivity index (χ4v) is 7.06. The first-order chi connectivity index (χ1) is 8.62. The molecule has 0 bridgehead atoms. The summed E-state index contributed by atoms with van der Waals surface area (Å²) in [4.78, 5) is 0. The lowest BCUT2D eigenvalue weighted by Gasteiger charge is -2.47. The fraction of sp³-hybridized carbons (Fsp3) is 0.600. The monoisotopic (exact) mass is 296 g/mol. The predicted octanol–water partition coefficient (Wildman–Crippen LogP) is 4.60. The van der Waals surface area contributed by atoms with Gasteiger partial charge in [0, 0.05) is 12.2 Å². The summed E-state index contributed by atoms with van der Waals surface area (Å²) >= 11 is 0. The first kappa shape index (κ1) is 16.6. The lowest BCUT2D eigenvalue weighted by atomic mass is 10.2. The maximum atomic E-state index is 6.59. The number of hydrogen-bond donors (Lipinski definition) is 0. The van der Waals surface area contributed by atoms with Crippen LogP contribution in [0.2, 0.25) is 39.3 Å². The third-order valence-corrected chi connectivity index (χ3v) is 6.55. The molecule has 1 aromatic rings. The summed E-state index contributed by atoms with van der Waals surface area (Å²) in [6.45, 7) is 16.3. The third kappa shape index (κ3) is 4.02. The van der Waals surface area contributed by atoms with E-state index in [0.717, 1.165) is 0 Å². The second-order valence-electron chi connectivity index (χ2n) is 6.88. The summed E-state index contributed by atoms with van der Waals surface area (Å²) in [6, 6.07) is 10.4. The Morgan fingerprint density at radius 2 is 1.47 bits per heavy atom. The normalized spacial score (nSPS) is 16.2. The maximum Gasteiger partial charge on any atom is 0.187 e. The van der Waals surface area contributed by atoms with Crippen LogP contribution in [-0.4, -0.2) is 23.0 Å². The molecule has 108 valence electrons. The number of benzene rings is 1. The Morgan fingerprint density at radius 3 is 1.84 bits per heavy atom. The molecule has 1 unspecified atom stereocenters. The van der Waals surface area contributed by atoms with Crippen molar-refractivity contribution in [2.24, 2.45) is 0 Å². The minimum absolute atomic E-state index is 0.534. The molecule has 1 rings (SSSR count). The summed E-state index contributed by atoms with van der Waals surface area (Å²) in [5.74, 6) is 0. The van der Waals surface area contributed by atoms with E-state index < -0.39 is 21.8 Å². The molecule has 0 saturated heterocycles. The van der Waals surface area contributed by atoms with Crippen LogP contribution in [0.4, 0.5) is 0 Å². The van der Waals surface area contributed by atoms with Crippen LogP contribution in [-0.2, 0) is 14.6 Å². The Morgan fingerprint density at radius 1 is 0.947 bits per heavy atom. The van der Waals surface area contributed by atoms with Gasteiger partial charge in [-0.3, -0.25) is 0 Å². The largest absolute Gasteiger partial charge is 0.390 e. The molecule has 0 aromatic heterocycles. The molecule has 0 aliphatic heterocycles. The molecule has 1 aromatic carbocycles. The van der Waals surface area contributed by atoms with Crippen molar-refractivity contribution < 1.29 is 9.16 Å². The maximum absolute atomic E-state index is 6.59. The second kappa shape index (κ2) is 5.91. The molecule has 0 N–H and O–H groups in total. The minimum atomic E-state index is -1.72. The fourth-order valence-electron chi connectivity index (χ4n) is 2.27. The average Bonchev–Trinajstić information content (AvgIpc) is 2.26. The van der Waals surface area contributed by atoms with Crippen molar-refractivity contribution in [3.05, 3.63) is 35.9 Å². The van der Waals surface area contributed by atoms with Crippen molar-refractivity contribution in [3.8, 4) is 0 Å². The molecule has 0 spiro atoms. The Labute approximate surface area is 120 Å². The zero-order valence-electron chi connectivity index (χ0n) is 13.4. The molecule has 1 atom stereocenters. The van der Waals surface area contributed by atoms with Crippen molar-refractivity contribution >= 4 is 16.4 Å². The van der Waals surface area contributed by atoms with Gasteiger partial charge in [-0.05, 0) is 26.6 Å². The van der Waals surface area contributed by atoms with Gasteiger partial charge in [-0.2, -0.15) is 0 Å². The Hall–Kier alpha value is -0.426. The van der Waals surface area contributed by atoms with Crippen LogP contribution in [0.3, 0.4) is 0 Å². The smallest absolute Gasteiger partial charge is 0.187 e. The third-order valence-electron chi connectivity index (χ3n) is 2.94. The van der Waals surface area contributed by atoms with Crippen LogP contribution >= 0.6 is 0 Å². The molecule has 0 heterocycles. The van der Waals surface area contributed by atoms with Gasteiger partial charge >= 0.3 is 0 Å². The predicted molar refractivity (Wildman–Crippen MR) is 87.5 cm³/mol. The Kier molecular flexibility index (Phi) is 5.17. The van der Waals surface area contributed by atoms with Crippen LogP contribution in [0.15, 0.2) is 30.3 Å². The standard InChI is InChI=1S/C15H28O2Si2/c1-8-16-15(18(2,3)4,17-19(5,6)7)14-12-10-9-11-13-14/h9-13H,8H2,1-7H3. The molecule has 0 saturated carbocycles. The Bertz CT molecular complexity index is 393. The Balaban J connectivity index is 3.36. The van der Waals surface area contributed by atoms with E-state index in [1.807, 2.05) is 13.0 Å². The molecular weight excluding hydrogens is 268 g/mol. The zero-order valence-corrected chi connectivity index (χ0v) is 15.4. The molecule has 0 radical (unpaired) electrons. The van der Waals surface area contributed by atoms with Crippen LogP contribution in [0.25, 0.3) is 0 Å². The first-order valence-electron chi connectivity index (χ1n) is 7.02. The van der Waals surface area contributed by atoms with E-state index in [2.05, 4.69) is 63.5 Å². The van der Waals surface area contributed by atoms with Gasteiger partial charge in [0.15, 0.2) is 13.7 Å². The second-order valence-corrected chi connectivity index (χ2v) is 16.5. The van der Waals surface area contributed by atoms with Crippen LogP contribution < -0.4 is 0 Å². The van der Waals surface area contributed by atoms with Gasteiger partial charge in [-0.15, -0.1) is 0 Å². The molecule has 4 heteroatoms. The van der Waals surface area contributed by atoms with Crippen LogP contribution in [0, 0.1) is 0 Å². The van der Waals surface area contributed by atoms with Crippen molar-refractivity contribution in [1.29, 1.82) is 0 Å².